The molecular weight excluding hydrogens is 244 g/mol. The molecule has 0 aromatic heterocycles. The van der Waals surface area contributed by atoms with E-state index in [1.807, 2.05) is 24.3 Å². The van der Waals surface area contributed by atoms with Crippen LogP contribution in [-0.4, -0.2) is 31.3 Å². The lowest BCUT2D eigenvalue weighted by molar-refractivity contribution is -0.116. The van der Waals surface area contributed by atoms with Gasteiger partial charge < -0.3 is 20.5 Å². The number of hydrogen-bond acceptors (Lipinski definition) is 4. The van der Waals surface area contributed by atoms with E-state index in [1.54, 1.807) is 6.92 Å². The molecule has 104 valence electrons. The van der Waals surface area contributed by atoms with E-state index in [0.717, 1.165) is 24.5 Å². The molecule has 2 atom stereocenters. The van der Waals surface area contributed by atoms with Crippen molar-refractivity contribution in [1.29, 1.82) is 0 Å². The molecule has 1 fully saturated rings. The second kappa shape index (κ2) is 6.54. The molecule has 1 heterocycles. The molecule has 2 rings (SSSR count). The minimum atomic E-state index is -0.134. The summed E-state index contributed by atoms with van der Waals surface area (Å²) in [5, 5.41) is 2.79. The molecule has 0 bridgehead atoms. The number of ether oxygens (including phenoxy) is 2. The van der Waals surface area contributed by atoms with Crippen molar-refractivity contribution in [2.75, 3.05) is 18.5 Å². The van der Waals surface area contributed by atoms with E-state index < -0.39 is 0 Å². The van der Waals surface area contributed by atoms with Gasteiger partial charge in [-0.05, 0) is 31.2 Å². The minimum Gasteiger partial charge on any atom is -0.488 e. The molecule has 1 aliphatic heterocycles. The van der Waals surface area contributed by atoms with Crippen LogP contribution in [0.1, 0.15) is 19.8 Å². The van der Waals surface area contributed by atoms with Gasteiger partial charge in [0.05, 0.1) is 13.2 Å². The SMILES string of the molecule is CC(N)CC(=O)Nc1ccc(OC2CCOC2)cc1. The van der Waals surface area contributed by atoms with Crippen LogP contribution >= 0.6 is 0 Å². The first-order valence-corrected chi connectivity index (χ1v) is 6.53. The van der Waals surface area contributed by atoms with Gasteiger partial charge in [-0.1, -0.05) is 0 Å². The number of anilines is 1. The van der Waals surface area contributed by atoms with Crippen molar-refractivity contribution in [3.63, 3.8) is 0 Å². The highest BCUT2D eigenvalue weighted by molar-refractivity contribution is 5.91. The monoisotopic (exact) mass is 264 g/mol. The highest BCUT2D eigenvalue weighted by Gasteiger charge is 2.16. The first kappa shape index (κ1) is 13.8. The van der Waals surface area contributed by atoms with Crippen LogP contribution in [0.15, 0.2) is 24.3 Å². The number of benzene rings is 1. The van der Waals surface area contributed by atoms with E-state index >= 15 is 0 Å². The van der Waals surface area contributed by atoms with Crippen molar-refractivity contribution >= 4 is 11.6 Å². The lowest BCUT2D eigenvalue weighted by Gasteiger charge is -2.12. The molecule has 2 unspecified atom stereocenters. The number of amides is 1. The van der Waals surface area contributed by atoms with Gasteiger partial charge >= 0.3 is 0 Å². The van der Waals surface area contributed by atoms with E-state index in [9.17, 15) is 4.79 Å². The topological polar surface area (TPSA) is 73.6 Å². The number of carbonyl (C=O) groups excluding carboxylic acids is 1. The van der Waals surface area contributed by atoms with Crippen molar-refractivity contribution in [2.24, 2.45) is 5.73 Å². The maximum Gasteiger partial charge on any atom is 0.225 e. The Labute approximate surface area is 113 Å². The Balaban J connectivity index is 1.85. The zero-order valence-electron chi connectivity index (χ0n) is 11.1. The summed E-state index contributed by atoms with van der Waals surface area (Å²) in [5.41, 5.74) is 6.32. The lowest BCUT2D eigenvalue weighted by Crippen LogP contribution is -2.23. The fourth-order valence-electron chi connectivity index (χ4n) is 1.92. The average Bonchev–Trinajstić information content (AvgIpc) is 2.83. The Hall–Kier alpha value is -1.59. The maximum absolute atomic E-state index is 11.5. The molecule has 1 saturated heterocycles. The molecule has 3 N–H and O–H groups in total. The van der Waals surface area contributed by atoms with Crippen molar-refractivity contribution in [2.45, 2.75) is 31.9 Å². The summed E-state index contributed by atoms with van der Waals surface area (Å²) >= 11 is 0. The maximum atomic E-state index is 11.5. The van der Waals surface area contributed by atoms with Gasteiger partial charge in [-0.25, -0.2) is 0 Å². The third-order valence-electron chi connectivity index (χ3n) is 2.84. The van der Waals surface area contributed by atoms with Gasteiger partial charge in [0.2, 0.25) is 5.91 Å². The molecule has 0 radical (unpaired) electrons. The summed E-state index contributed by atoms with van der Waals surface area (Å²) in [6.45, 7) is 3.21. The summed E-state index contributed by atoms with van der Waals surface area (Å²) in [6.07, 6.45) is 1.38. The van der Waals surface area contributed by atoms with E-state index in [4.69, 9.17) is 15.2 Å². The van der Waals surface area contributed by atoms with Crippen LogP contribution < -0.4 is 15.8 Å². The minimum absolute atomic E-state index is 0.0761. The zero-order chi connectivity index (χ0) is 13.7. The smallest absolute Gasteiger partial charge is 0.225 e. The lowest BCUT2D eigenvalue weighted by atomic mass is 10.2. The zero-order valence-corrected chi connectivity index (χ0v) is 11.1. The quantitative estimate of drug-likeness (QED) is 0.846. The van der Waals surface area contributed by atoms with Crippen molar-refractivity contribution in [3.8, 4) is 5.75 Å². The summed E-state index contributed by atoms with van der Waals surface area (Å²) in [6, 6.07) is 7.21. The van der Waals surface area contributed by atoms with Crippen LogP contribution in [0.25, 0.3) is 0 Å². The molecule has 0 saturated carbocycles. The third-order valence-corrected chi connectivity index (χ3v) is 2.84. The molecule has 19 heavy (non-hydrogen) atoms. The van der Waals surface area contributed by atoms with Gasteiger partial charge in [-0.3, -0.25) is 4.79 Å². The predicted octanol–water partition coefficient (Wildman–Crippen LogP) is 1.53. The molecule has 1 amide bonds. The molecule has 5 nitrogen and oxygen atoms in total. The Morgan fingerprint density at radius 2 is 2.26 bits per heavy atom. The van der Waals surface area contributed by atoms with E-state index in [-0.39, 0.29) is 18.1 Å². The molecule has 1 aromatic rings. The second-order valence-electron chi connectivity index (χ2n) is 4.86. The van der Waals surface area contributed by atoms with Gasteiger partial charge in [-0.15, -0.1) is 0 Å². The number of carbonyl (C=O) groups is 1. The summed E-state index contributed by atoms with van der Waals surface area (Å²) < 4.78 is 11.0. The average molecular weight is 264 g/mol. The van der Waals surface area contributed by atoms with Crippen LogP contribution in [0, 0.1) is 0 Å². The van der Waals surface area contributed by atoms with Crippen LogP contribution in [0.4, 0.5) is 5.69 Å². The number of hydrogen-bond donors (Lipinski definition) is 2. The van der Waals surface area contributed by atoms with Crippen molar-refractivity contribution in [1.82, 2.24) is 0 Å². The number of rotatable bonds is 5. The fourth-order valence-corrected chi connectivity index (χ4v) is 1.92. The molecule has 5 heteroatoms. The van der Waals surface area contributed by atoms with Gasteiger partial charge in [0.15, 0.2) is 0 Å². The van der Waals surface area contributed by atoms with Gasteiger partial charge in [0, 0.05) is 24.6 Å². The normalized spacial score (nSPS) is 20.0. The Morgan fingerprint density at radius 3 is 2.84 bits per heavy atom. The van der Waals surface area contributed by atoms with Crippen LogP contribution in [-0.2, 0) is 9.53 Å². The molecule has 0 spiro atoms. The summed E-state index contributed by atoms with van der Waals surface area (Å²) in [4.78, 5) is 11.5. The predicted molar refractivity (Wildman–Crippen MR) is 73.2 cm³/mol. The molecule has 1 aromatic carbocycles. The molecule has 0 aliphatic carbocycles. The van der Waals surface area contributed by atoms with Crippen molar-refractivity contribution in [3.05, 3.63) is 24.3 Å². The van der Waals surface area contributed by atoms with Crippen LogP contribution in [0.2, 0.25) is 0 Å². The van der Waals surface area contributed by atoms with Gasteiger partial charge in [0.1, 0.15) is 11.9 Å². The van der Waals surface area contributed by atoms with E-state index in [0.29, 0.717) is 13.0 Å². The van der Waals surface area contributed by atoms with E-state index in [2.05, 4.69) is 5.32 Å². The Kier molecular flexibility index (Phi) is 4.76. The number of nitrogens with two attached hydrogens (primary N) is 1. The Morgan fingerprint density at radius 1 is 1.53 bits per heavy atom. The van der Waals surface area contributed by atoms with Crippen LogP contribution in [0.5, 0.6) is 5.75 Å². The van der Waals surface area contributed by atoms with Crippen LogP contribution in [0.3, 0.4) is 0 Å². The standard InChI is InChI=1S/C14H20N2O3/c1-10(15)8-14(17)16-11-2-4-12(5-3-11)19-13-6-7-18-9-13/h2-5,10,13H,6-9,15H2,1H3,(H,16,17). The third kappa shape index (κ3) is 4.54. The molecule has 1 aliphatic rings. The summed E-state index contributed by atoms with van der Waals surface area (Å²) in [7, 11) is 0. The second-order valence-corrected chi connectivity index (χ2v) is 4.86. The largest absolute Gasteiger partial charge is 0.488 e. The highest BCUT2D eigenvalue weighted by atomic mass is 16.5. The summed E-state index contributed by atoms with van der Waals surface area (Å²) in [5.74, 6) is 0.716. The van der Waals surface area contributed by atoms with Gasteiger partial charge in [0.25, 0.3) is 0 Å². The number of nitrogens with one attached hydrogen (secondary N) is 1. The first-order valence-electron chi connectivity index (χ1n) is 6.53. The van der Waals surface area contributed by atoms with Crippen molar-refractivity contribution < 1.29 is 14.3 Å². The fraction of sp³-hybridized carbons (Fsp3) is 0.500. The van der Waals surface area contributed by atoms with E-state index in [1.165, 1.54) is 0 Å². The van der Waals surface area contributed by atoms with Gasteiger partial charge in [-0.2, -0.15) is 0 Å². The molecular formula is C14H20N2O3. The Bertz CT molecular complexity index is 411. The first-order chi connectivity index (χ1) is 9.13. The highest BCUT2D eigenvalue weighted by Crippen LogP contribution is 2.19.